The topological polar surface area (TPSA) is 9.49 Å². The molecule has 3 nitrogen and oxygen atoms in total. The highest BCUT2D eigenvalue weighted by molar-refractivity contribution is 5.20. The number of allylic oxidation sites excluding steroid dienone is 3. The van der Waals surface area contributed by atoms with Gasteiger partial charge in [0.15, 0.2) is 5.70 Å². The third-order valence-electron chi connectivity index (χ3n) is 3.90. The minimum absolute atomic E-state index is 1.02. The van der Waals surface area contributed by atoms with Crippen molar-refractivity contribution in [1.82, 2.24) is 9.80 Å². The average molecular weight is 264 g/mol. The summed E-state index contributed by atoms with van der Waals surface area (Å²) in [5, 5.41) is 0. The molecular weight excluding hydrogens is 234 g/mol. The average Bonchev–Trinajstić information content (AvgIpc) is 2.37. The molecule has 3 heteroatoms. The molecule has 0 aromatic carbocycles. The van der Waals surface area contributed by atoms with Gasteiger partial charge in [-0.05, 0) is 25.7 Å². The first kappa shape index (κ1) is 15.8. The van der Waals surface area contributed by atoms with Crippen molar-refractivity contribution in [2.24, 2.45) is 0 Å². The van der Waals surface area contributed by atoms with Crippen molar-refractivity contribution in [2.45, 2.75) is 46.0 Å². The van der Waals surface area contributed by atoms with Crippen LogP contribution in [0.15, 0.2) is 23.3 Å². The van der Waals surface area contributed by atoms with E-state index in [-0.39, 0.29) is 0 Å². The van der Waals surface area contributed by atoms with Crippen LogP contribution < -0.4 is 0 Å². The van der Waals surface area contributed by atoms with E-state index in [1.54, 1.807) is 0 Å². The molecule has 1 saturated heterocycles. The van der Waals surface area contributed by atoms with Gasteiger partial charge in [0.25, 0.3) is 0 Å². The Kier molecular flexibility index (Phi) is 6.13. The Bertz CT molecular complexity index is 379. The van der Waals surface area contributed by atoms with Crippen LogP contribution in [0.2, 0.25) is 0 Å². The summed E-state index contributed by atoms with van der Waals surface area (Å²) in [6.07, 6.45) is 8.18. The quantitative estimate of drug-likeness (QED) is 0.557. The van der Waals surface area contributed by atoms with Crippen molar-refractivity contribution in [3.63, 3.8) is 0 Å². The van der Waals surface area contributed by atoms with E-state index in [1.807, 2.05) is 11.6 Å². The molecule has 19 heavy (non-hydrogen) atoms. The molecule has 108 valence electrons. The highest BCUT2D eigenvalue weighted by Gasteiger charge is 2.16. The minimum atomic E-state index is 1.02. The Hall–Kier alpha value is -1.25. The molecule has 0 bridgehead atoms. The van der Waals surface area contributed by atoms with E-state index >= 15 is 0 Å². The largest absolute Gasteiger partial charge is 0.377 e. The highest BCUT2D eigenvalue weighted by Crippen LogP contribution is 2.22. The smallest absolute Gasteiger partial charge is 0.199 e. The van der Waals surface area contributed by atoms with Crippen LogP contribution in [0.4, 0.5) is 0 Å². The van der Waals surface area contributed by atoms with E-state index in [0.717, 1.165) is 12.8 Å². The van der Waals surface area contributed by atoms with E-state index < -0.39 is 0 Å². The van der Waals surface area contributed by atoms with E-state index in [2.05, 4.69) is 50.7 Å². The molecular formula is C16H30N3+. The lowest BCUT2D eigenvalue weighted by atomic mass is 10.1. The normalized spacial score (nSPS) is 19.4. The molecule has 1 heterocycles. The maximum absolute atomic E-state index is 4.04. The van der Waals surface area contributed by atoms with Gasteiger partial charge < -0.3 is 9.80 Å². The molecule has 0 radical (unpaired) electrons. The minimum Gasteiger partial charge on any atom is -0.377 e. The molecule has 1 aliphatic heterocycles. The first-order valence-electron chi connectivity index (χ1n) is 7.42. The molecule has 0 aromatic rings. The van der Waals surface area contributed by atoms with E-state index in [1.165, 1.54) is 42.9 Å². The van der Waals surface area contributed by atoms with Gasteiger partial charge in [0.2, 0.25) is 0 Å². The molecule has 1 rings (SSSR count). The van der Waals surface area contributed by atoms with Gasteiger partial charge >= 0.3 is 0 Å². The highest BCUT2D eigenvalue weighted by atomic mass is 15.2. The van der Waals surface area contributed by atoms with Gasteiger partial charge in [0.05, 0.1) is 5.70 Å². The molecule has 0 aromatic heterocycles. The predicted octanol–water partition coefficient (Wildman–Crippen LogP) is 3.25. The zero-order valence-corrected chi connectivity index (χ0v) is 13.4. The second-order valence-corrected chi connectivity index (χ2v) is 5.41. The van der Waals surface area contributed by atoms with Crippen LogP contribution in [0.5, 0.6) is 0 Å². The van der Waals surface area contributed by atoms with Crippen molar-refractivity contribution >= 4 is 6.72 Å². The SMILES string of the molecule is C=[N+](C)C(CC)=C(CC)N(C)C=C1CCCCN1C. The van der Waals surface area contributed by atoms with E-state index in [9.17, 15) is 0 Å². The van der Waals surface area contributed by atoms with Gasteiger partial charge in [-0.25, -0.2) is 4.58 Å². The van der Waals surface area contributed by atoms with Crippen LogP contribution in [0.25, 0.3) is 0 Å². The number of rotatable bonds is 5. The van der Waals surface area contributed by atoms with Crippen LogP contribution in [0, 0.1) is 0 Å². The van der Waals surface area contributed by atoms with Crippen molar-refractivity contribution in [2.75, 3.05) is 27.7 Å². The Morgan fingerprint density at radius 1 is 1.37 bits per heavy atom. The van der Waals surface area contributed by atoms with Gasteiger partial charge in [-0.3, -0.25) is 0 Å². The van der Waals surface area contributed by atoms with Gasteiger partial charge in [0.1, 0.15) is 13.8 Å². The number of piperidine rings is 1. The Morgan fingerprint density at radius 3 is 2.53 bits per heavy atom. The summed E-state index contributed by atoms with van der Waals surface area (Å²) < 4.78 is 2.00. The van der Waals surface area contributed by atoms with Crippen molar-refractivity contribution in [3.05, 3.63) is 23.3 Å². The molecule has 0 spiro atoms. The molecule has 1 aliphatic rings. The summed E-state index contributed by atoms with van der Waals surface area (Å²) in [7, 11) is 6.39. The van der Waals surface area contributed by atoms with Crippen LogP contribution in [0.3, 0.4) is 0 Å². The van der Waals surface area contributed by atoms with Crippen LogP contribution in [-0.2, 0) is 0 Å². The van der Waals surface area contributed by atoms with Gasteiger partial charge in [-0.1, -0.05) is 13.8 Å². The van der Waals surface area contributed by atoms with Crippen molar-refractivity contribution < 1.29 is 4.58 Å². The second kappa shape index (κ2) is 7.37. The second-order valence-electron chi connectivity index (χ2n) is 5.41. The first-order chi connectivity index (χ1) is 9.01. The summed E-state index contributed by atoms with van der Waals surface area (Å²) in [6, 6.07) is 0. The number of nitrogens with zero attached hydrogens (tertiary/aromatic N) is 3. The van der Waals surface area contributed by atoms with Gasteiger partial charge in [0, 0.05) is 39.0 Å². The molecule has 0 aliphatic carbocycles. The Morgan fingerprint density at radius 2 is 2.05 bits per heavy atom. The van der Waals surface area contributed by atoms with Crippen LogP contribution in [0.1, 0.15) is 46.0 Å². The fraction of sp³-hybridized carbons (Fsp3) is 0.688. The third-order valence-corrected chi connectivity index (χ3v) is 3.90. The number of hydrogen-bond acceptors (Lipinski definition) is 2. The fourth-order valence-corrected chi connectivity index (χ4v) is 2.81. The third kappa shape index (κ3) is 4.12. The van der Waals surface area contributed by atoms with Gasteiger partial charge in [-0.15, -0.1) is 0 Å². The Labute approximate surface area is 118 Å². The van der Waals surface area contributed by atoms with Crippen molar-refractivity contribution in [3.8, 4) is 0 Å². The molecule has 1 fully saturated rings. The lowest BCUT2D eigenvalue weighted by Gasteiger charge is -2.30. The van der Waals surface area contributed by atoms with E-state index in [4.69, 9.17) is 0 Å². The lowest BCUT2D eigenvalue weighted by molar-refractivity contribution is -0.438. The summed E-state index contributed by atoms with van der Waals surface area (Å²) in [5.74, 6) is 0. The molecule has 0 unspecified atom stereocenters. The standard InChI is InChI=1S/C16H30N3/c1-7-15(17(3)4)16(8-2)19(6)13-14-11-9-10-12-18(14)5/h13H,3,7-12H2,1-2,4-6H3/q+1. The number of hydrogen-bond donors (Lipinski definition) is 0. The summed E-state index contributed by atoms with van der Waals surface area (Å²) >= 11 is 0. The first-order valence-corrected chi connectivity index (χ1v) is 7.42. The summed E-state index contributed by atoms with van der Waals surface area (Å²) in [5.41, 5.74) is 4.13. The molecule has 0 N–H and O–H groups in total. The van der Waals surface area contributed by atoms with Crippen molar-refractivity contribution in [1.29, 1.82) is 0 Å². The molecule has 0 atom stereocenters. The van der Waals surface area contributed by atoms with Crippen LogP contribution >= 0.6 is 0 Å². The monoisotopic (exact) mass is 264 g/mol. The Balaban J connectivity index is 2.98. The fourth-order valence-electron chi connectivity index (χ4n) is 2.81. The zero-order valence-electron chi connectivity index (χ0n) is 13.4. The van der Waals surface area contributed by atoms with Gasteiger partial charge in [-0.2, -0.15) is 0 Å². The lowest BCUT2D eigenvalue weighted by Crippen LogP contribution is -2.26. The summed E-state index contributed by atoms with van der Waals surface area (Å²) in [6.45, 7) is 9.63. The van der Waals surface area contributed by atoms with Crippen LogP contribution in [-0.4, -0.2) is 48.8 Å². The molecule has 0 amide bonds. The predicted molar refractivity (Wildman–Crippen MR) is 83.2 cm³/mol. The maximum atomic E-state index is 4.04. The zero-order chi connectivity index (χ0) is 14.4. The maximum Gasteiger partial charge on any atom is 0.199 e. The van der Waals surface area contributed by atoms with E-state index in [0.29, 0.717) is 0 Å². The number of likely N-dealkylation sites (tertiary alicyclic amines) is 1. The molecule has 0 saturated carbocycles. The summed E-state index contributed by atoms with van der Waals surface area (Å²) in [4.78, 5) is 4.67.